The lowest BCUT2D eigenvalue weighted by Crippen LogP contribution is -2.02. The number of aliphatic hydroxyl groups excluding tert-OH is 1. The van der Waals surface area contributed by atoms with Gasteiger partial charge in [-0.05, 0) is 43.7 Å². The molecule has 1 aromatic carbocycles. The number of hydrogen-bond donors (Lipinski definition) is 1. The van der Waals surface area contributed by atoms with Gasteiger partial charge in [0.2, 0.25) is 0 Å². The Morgan fingerprint density at radius 2 is 2.00 bits per heavy atom. The minimum Gasteiger partial charge on any atom is -0.466 e. The van der Waals surface area contributed by atoms with Gasteiger partial charge >= 0.3 is 0 Å². The molecule has 96 valence electrons. The lowest BCUT2D eigenvalue weighted by molar-refractivity contribution is 0.176. The summed E-state index contributed by atoms with van der Waals surface area (Å²) in [6.45, 7) is 3.65. The number of hydrogen-bond acceptors (Lipinski definition) is 2. The number of aliphatic hydroxyl groups is 1. The van der Waals surface area contributed by atoms with Crippen molar-refractivity contribution in [2.45, 2.75) is 26.4 Å². The molecule has 0 bridgehead atoms. The quantitative estimate of drug-likeness (QED) is 0.926. The van der Waals surface area contributed by atoms with Gasteiger partial charge in [-0.25, -0.2) is 4.39 Å². The average molecular weight is 313 g/mol. The highest BCUT2D eigenvalue weighted by molar-refractivity contribution is 9.10. The molecule has 0 radical (unpaired) electrons. The first kappa shape index (κ1) is 13.3. The second-order valence-corrected chi connectivity index (χ2v) is 5.28. The maximum atomic E-state index is 13.2. The smallest absolute Gasteiger partial charge is 0.124 e. The van der Waals surface area contributed by atoms with Crippen LogP contribution in [0, 0.1) is 19.7 Å². The Labute approximate surface area is 114 Å². The first-order chi connectivity index (χ1) is 8.45. The van der Waals surface area contributed by atoms with Crippen LogP contribution in [0.5, 0.6) is 0 Å². The summed E-state index contributed by atoms with van der Waals surface area (Å²) in [4.78, 5) is 0. The largest absolute Gasteiger partial charge is 0.466 e. The van der Waals surface area contributed by atoms with Gasteiger partial charge in [0.1, 0.15) is 17.3 Å². The highest BCUT2D eigenvalue weighted by Crippen LogP contribution is 2.26. The number of rotatable bonds is 3. The first-order valence-electron chi connectivity index (χ1n) is 5.65. The van der Waals surface area contributed by atoms with Gasteiger partial charge in [0.05, 0.1) is 6.10 Å². The van der Waals surface area contributed by atoms with E-state index in [0.717, 1.165) is 16.9 Å². The molecule has 0 saturated carbocycles. The Morgan fingerprint density at radius 1 is 1.28 bits per heavy atom. The standard InChI is InChI=1S/C14H14BrFO2/c1-8-3-13(9(2)18-8)14(17)6-10-4-11(15)7-12(16)5-10/h3-5,7,14,17H,6H2,1-2H3. The Bertz CT molecular complexity index is 543. The number of benzene rings is 1. The zero-order chi connectivity index (χ0) is 13.3. The summed E-state index contributed by atoms with van der Waals surface area (Å²) in [5, 5.41) is 10.2. The first-order valence-corrected chi connectivity index (χ1v) is 6.45. The molecular formula is C14H14BrFO2. The molecule has 4 heteroatoms. The Hall–Kier alpha value is -1.13. The predicted molar refractivity (Wildman–Crippen MR) is 70.9 cm³/mol. The van der Waals surface area contributed by atoms with E-state index in [0.29, 0.717) is 16.7 Å². The summed E-state index contributed by atoms with van der Waals surface area (Å²) >= 11 is 3.24. The number of furan rings is 1. The molecule has 0 saturated heterocycles. The summed E-state index contributed by atoms with van der Waals surface area (Å²) in [6, 6.07) is 6.43. The van der Waals surface area contributed by atoms with Crippen LogP contribution in [0.15, 0.2) is 33.2 Å². The monoisotopic (exact) mass is 312 g/mol. The lowest BCUT2D eigenvalue weighted by atomic mass is 10.0. The molecule has 1 N–H and O–H groups in total. The maximum Gasteiger partial charge on any atom is 0.124 e. The second-order valence-electron chi connectivity index (χ2n) is 4.37. The van der Waals surface area contributed by atoms with Crippen LogP contribution < -0.4 is 0 Å². The second kappa shape index (κ2) is 5.24. The molecule has 0 fully saturated rings. The van der Waals surface area contributed by atoms with Gasteiger partial charge in [0.15, 0.2) is 0 Å². The fourth-order valence-electron chi connectivity index (χ4n) is 2.04. The van der Waals surface area contributed by atoms with Crippen LogP contribution in [-0.4, -0.2) is 5.11 Å². The number of halogens is 2. The topological polar surface area (TPSA) is 33.4 Å². The normalized spacial score (nSPS) is 12.7. The van der Waals surface area contributed by atoms with Crippen molar-refractivity contribution in [3.05, 3.63) is 57.2 Å². The van der Waals surface area contributed by atoms with E-state index in [9.17, 15) is 9.50 Å². The van der Waals surface area contributed by atoms with E-state index < -0.39 is 6.10 Å². The summed E-state index contributed by atoms with van der Waals surface area (Å²) in [6.07, 6.45) is -0.327. The fourth-order valence-corrected chi connectivity index (χ4v) is 2.56. The van der Waals surface area contributed by atoms with Gasteiger partial charge in [0.25, 0.3) is 0 Å². The van der Waals surface area contributed by atoms with Crippen molar-refractivity contribution < 1.29 is 13.9 Å². The van der Waals surface area contributed by atoms with E-state index >= 15 is 0 Å². The SMILES string of the molecule is Cc1cc(C(O)Cc2cc(F)cc(Br)c2)c(C)o1. The van der Waals surface area contributed by atoms with Crippen LogP contribution in [-0.2, 0) is 6.42 Å². The third-order valence-electron chi connectivity index (χ3n) is 2.79. The van der Waals surface area contributed by atoms with Gasteiger partial charge in [0, 0.05) is 16.5 Å². The van der Waals surface area contributed by atoms with Crippen molar-refractivity contribution in [2.24, 2.45) is 0 Å². The van der Waals surface area contributed by atoms with E-state index in [4.69, 9.17) is 4.42 Å². The minimum absolute atomic E-state index is 0.313. The summed E-state index contributed by atoms with van der Waals surface area (Å²) in [7, 11) is 0. The van der Waals surface area contributed by atoms with E-state index in [1.54, 1.807) is 6.07 Å². The zero-order valence-corrected chi connectivity index (χ0v) is 11.8. The third kappa shape index (κ3) is 3.00. The van der Waals surface area contributed by atoms with E-state index in [1.807, 2.05) is 19.9 Å². The molecule has 2 aromatic rings. The maximum absolute atomic E-state index is 13.2. The predicted octanol–water partition coefficient (Wildman–Crippen LogP) is 4.07. The summed E-state index contributed by atoms with van der Waals surface area (Å²) in [5.41, 5.74) is 1.50. The van der Waals surface area contributed by atoms with Crippen LogP contribution >= 0.6 is 15.9 Å². The molecule has 0 amide bonds. The highest BCUT2D eigenvalue weighted by atomic mass is 79.9. The molecule has 0 aliphatic rings. The van der Waals surface area contributed by atoms with Gasteiger partial charge in [-0.15, -0.1) is 0 Å². The molecule has 0 aliphatic heterocycles. The molecule has 1 heterocycles. The highest BCUT2D eigenvalue weighted by Gasteiger charge is 2.15. The Morgan fingerprint density at radius 3 is 2.56 bits per heavy atom. The van der Waals surface area contributed by atoms with E-state index in [1.165, 1.54) is 12.1 Å². The molecule has 2 rings (SSSR count). The average Bonchev–Trinajstić information content (AvgIpc) is 2.56. The van der Waals surface area contributed by atoms with Gasteiger partial charge in [-0.3, -0.25) is 0 Å². The molecular weight excluding hydrogens is 299 g/mol. The van der Waals surface area contributed by atoms with Crippen LogP contribution in [0.3, 0.4) is 0 Å². The minimum atomic E-state index is -0.684. The van der Waals surface area contributed by atoms with Gasteiger partial charge in [-0.1, -0.05) is 15.9 Å². The molecule has 2 nitrogen and oxygen atoms in total. The van der Waals surface area contributed by atoms with Crippen molar-refractivity contribution >= 4 is 15.9 Å². The van der Waals surface area contributed by atoms with Crippen molar-refractivity contribution in [1.29, 1.82) is 0 Å². The van der Waals surface area contributed by atoms with Crippen molar-refractivity contribution in [3.8, 4) is 0 Å². The van der Waals surface area contributed by atoms with Gasteiger partial charge < -0.3 is 9.52 Å². The molecule has 1 aromatic heterocycles. The van der Waals surface area contributed by atoms with E-state index in [2.05, 4.69) is 15.9 Å². The van der Waals surface area contributed by atoms with Crippen LogP contribution in [0.1, 0.15) is 28.8 Å². The summed E-state index contributed by atoms with van der Waals surface area (Å²) < 4.78 is 19.3. The van der Waals surface area contributed by atoms with Crippen molar-refractivity contribution in [2.75, 3.05) is 0 Å². The number of aryl methyl sites for hydroxylation is 2. The molecule has 1 unspecified atom stereocenters. The third-order valence-corrected chi connectivity index (χ3v) is 3.25. The van der Waals surface area contributed by atoms with Crippen LogP contribution in [0.25, 0.3) is 0 Å². The zero-order valence-electron chi connectivity index (χ0n) is 10.2. The molecule has 0 aliphatic carbocycles. The van der Waals surface area contributed by atoms with Crippen LogP contribution in [0.4, 0.5) is 4.39 Å². The van der Waals surface area contributed by atoms with Crippen LogP contribution in [0.2, 0.25) is 0 Å². The van der Waals surface area contributed by atoms with Gasteiger partial charge in [-0.2, -0.15) is 0 Å². The fraction of sp³-hybridized carbons (Fsp3) is 0.286. The Kier molecular flexibility index (Phi) is 3.88. The van der Waals surface area contributed by atoms with Crippen molar-refractivity contribution in [1.82, 2.24) is 0 Å². The molecule has 1 atom stereocenters. The summed E-state index contributed by atoms with van der Waals surface area (Å²) in [5.74, 6) is 1.16. The van der Waals surface area contributed by atoms with E-state index in [-0.39, 0.29) is 5.82 Å². The Balaban J connectivity index is 2.20. The van der Waals surface area contributed by atoms with Crippen molar-refractivity contribution in [3.63, 3.8) is 0 Å². The molecule has 18 heavy (non-hydrogen) atoms. The molecule has 0 spiro atoms. The lowest BCUT2D eigenvalue weighted by Gasteiger charge is -2.10.